The van der Waals surface area contributed by atoms with Gasteiger partial charge in [-0.2, -0.15) is 0 Å². The van der Waals surface area contributed by atoms with Crippen molar-refractivity contribution in [3.8, 4) is 11.5 Å². The van der Waals surface area contributed by atoms with Gasteiger partial charge in [0.2, 0.25) is 5.91 Å². The lowest BCUT2D eigenvalue weighted by Gasteiger charge is -2.30. The third kappa shape index (κ3) is 8.23. The molecule has 37 heavy (non-hydrogen) atoms. The lowest BCUT2D eigenvalue weighted by atomic mass is 10.1. The topological polar surface area (TPSA) is 71.1 Å². The van der Waals surface area contributed by atoms with Gasteiger partial charge < -0.3 is 24.6 Å². The first-order chi connectivity index (χ1) is 17.7. The number of thiophene rings is 1. The van der Waals surface area contributed by atoms with Crippen LogP contribution in [0.4, 0.5) is 10.5 Å². The minimum absolute atomic E-state index is 0.0175. The number of urea groups is 1. The van der Waals surface area contributed by atoms with E-state index in [-0.39, 0.29) is 24.5 Å². The number of nitrogens with zero attached hydrogens (tertiary/aromatic N) is 2. The van der Waals surface area contributed by atoms with Crippen LogP contribution >= 0.6 is 27.3 Å². The van der Waals surface area contributed by atoms with Crippen LogP contribution < -0.4 is 14.8 Å². The van der Waals surface area contributed by atoms with Crippen LogP contribution in [0.5, 0.6) is 11.5 Å². The molecule has 7 nitrogen and oxygen atoms in total. The first kappa shape index (κ1) is 28.5. The highest BCUT2D eigenvalue weighted by Gasteiger charge is 2.24. The molecule has 0 saturated heterocycles. The fourth-order valence-electron chi connectivity index (χ4n) is 3.81. The number of amides is 3. The number of halogens is 1. The second-order valence-electron chi connectivity index (χ2n) is 8.93. The Morgan fingerprint density at radius 1 is 1.00 bits per heavy atom. The Morgan fingerprint density at radius 3 is 2.30 bits per heavy atom. The molecular formula is C28H34BrN3O4S. The smallest absolute Gasteiger partial charge is 0.322 e. The van der Waals surface area contributed by atoms with Gasteiger partial charge in [-0.05, 0) is 81.3 Å². The van der Waals surface area contributed by atoms with Crippen LogP contribution in [0.1, 0.15) is 29.2 Å². The number of methoxy groups -OCH3 is 2. The SMILES string of the molecule is COc1ccc(CCN(Cc2ccc(C)s2)C(=O)CN(C(=O)Nc2ccc(Br)cc2)C(C)C)cc1OC. The summed E-state index contributed by atoms with van der Waals surface area (Å²) in [5.74, 6) is 1.21. The lowest BCUT2D eigenvalue weighted by Crippen LogP contribution is -2.47. The normalized spacial score (nSPS) is 10.8. The van der Waals surface area contributed by atoms with E-state index in [0.29, 0.717) is 36.7 Å². The van der Waals surface area contributed by atoms with Crippen LogP contribution in [0.15, 0.2) is 59.1 Å². The first-order valence-corrected chi connectivity index (χ1v) is 13.7. The first-order valence-electron chi connectivity index (χ1n) is 12.1. The molecule has 198 valence electrons. The van der Waals surface area contributed by atoms with Gasteiger partial charge >= 0.3 is 6.03 Å². The monoisotopic (exact) mass is 587 g/mol. The van der Waals surface area contributed by atoms with Crippen LogP contribution in [0.2, 0.25) is 0 Å². The Morgan fingerprint density at radius 2 is 1.70 bits per heavy atom. The molecule has 0 radical (unpaired) electrons. The number of nitrogens with one attached hydrogen (secondary N) is 1. The summed E-state index contributed by atoms with van der Waals surface area (Å²) in [6.45, 7) is 6.85. The molecule has 0 fully saturated rings. The third-order valence-corrected chi connectivity index (χ3v) is 7.41. The summed E-state index contributed by atoms with van der Waals surface area (Å²) in [6, 6.07) is 16.8. The average Bonchev–Trinajstić information content (AvgIpc) is 3.30. The predicted octanol–water partition coefficient (Wildman–Crippen LogP) is 6.35. The Bertz CT molecular complexity index is 1200. The standard InChI is InChI=1S/C28H34BrN3O4S/c1-19(2)32(28(34)30-23-10-8-22(29)9-11-23)18-27(33)31(17-24-12-6-20(3)37-24)15-14-21-7-13-25(35-4)26(16-21)36-5/h6-13,16,19H,14-15,17-18H2,1-5H3,(H,30,34). The number of ether oxygens (including phenoxy) is 2. The summed E-state index contributed by atoms with van der Waals surface area (Å²) in [5.41, 5.74) is 1.71. The predicted molar refractivity (Wildman–Crippen MR) is 153 cm³/mol. The Hall–Kier alpha value is -3.04. The maximum atomic E-state index is 13.6. The molecule has 1 aromatic heterocycles. The second-order valence-corrected chi connectivity index (χ2v) is 11.2. The molecule has 0 spiro atoms. The van der Waals surface area contributed by atoms with Gasteiger partial charge in [0.05, 0.1) is 20.8 Å². The third-order valence-electron chi connectivity index (χ3n) is 5.90. The zero-order valence-electron chi connectivity index (χ0n) is 21.9. The second kappa shape index (κ2) is 13.5. The maximum absolute atomic E-state index is 13.6. The van der Waals surface area contributed by atoms with E-state index in [1.165, 1.54) is 4.88 Å². The summed E-state index contributed by atoms with van der Waals surface area (Å²) in [7, 11) is 3.21. The maximum Gasteiger partial charge on any atom is 0.322 e. The molecule has 1 N–H and O–H groups in total. The van der Waals surface area contributed by atoms with Crippen LogP contribution in [0, 0.1) is 6.92 Å². The number of rotatable bonds is 11. The molecule has 2 aromatic carbocycles. The summed E-state index contributed by atoms with van der Waals surface area (Å²) in [4.78, 5) is 32.3. The van der Waals surface area contributed by atoms with Gasteiger partial charge in [0, 0.05) is 32.5 Å². The Kier molecular flexibility index (Phi) is 10.4. The number of aryl methyl sites for hydroxylation is 1. The van der Waals surface area contributed by atoms with Crippen LogP contribution in [0.3, 0.4) is 0 Å². The van der Waals surface area contributed by atoms with E-state index in [4.69, 9.17) is 9.47 Å². The fraction of sp³-hybridized carbons (Fsp3) is 0.357. The number of hydrogen-bond donors (Lipinski definition) is 1. The van der Waals surface area contributed by atoms with E-state index in [9.17, 15) is 9.59 Å². The van der Waals surface area contributed by atoms with E-state index < -0.39 is 0 Å². The summed E-state index contributed by atoms with van der Waals surface area (Å²) >= 11 is 5.08. The molecule has 9 heteroatoms. The number of hydrogen-bond acceptors (Lipinski definition) is 5. The summed E-state index contributed by atoms with van der Waals surface area (Å²) in [6.07, 6.45) is 0.642. The molecule has 0 atom stereocenters. The van der Waals surface area contributed by atoms with E-state index in [2.05, 4.69) is 40.3 Å². The molecule has 0 aliphatic carbocycles. The van der Waals surface area contributed by atoms with Crippen molar-refractivity contribution in [3.63, 3.8) is 0 Å². The van der Waals surface area contributed by atoms with Gasteiger partial charge in [-0.25, -0.2) is 4.79 Å². The summed E-state index contributed by atoms with van der Waals surface area (Å²) in [5, 5.41) is 2.90. The molecule has 3 aromatic rings. The van der Waals surface area contributed by atoms with Crippen molar-refractivity contribution in [2.45, 2.75) is 39.8 Å². The molecule has 1 heterocycles. The van der Waals surface area contributed by atoms with E-state index in [1.807, 2.05) is 61.2 Å². The molecule has 0 unspecified atom stereocenters. The van der Waals surface area contributed by atoms with E-state index in [1.54, 1.807) is 30.5 Å². The number of carbonyl (C=O) groups is 2. The molecule has 0 bridgehead atoms. The fourth-order valence-corrected chi connectivity index (χ4v) is 4.98. The van der Waals surface area contributed by atoms with E-state index in [0.717, 1.165) is 14.9 Å². The number of benzene rings is 2. The Balaban J connectivity index is 1.75. The number of anilines is 1. The molecule has 3 rings (SSSR count). The highest BCUT2D eigenvalue weighted by molar-refractivity contribution is 9.10. The van der Waals surface area contributed by atoms with Crippen LogP contribution in [-0.2, 0) is 17.8 Å². The van der Waals surface area contributed by atoms with Gasteiger partial charge in [-0.1, -0.05) is 22.0 Å². The molecular weight excluding hydrogens is 554 g/mol. The minimum Gasteiger partial charge on any atom is -0.493 e. The van der Waals surface area contributed by atoms with Gasteiger partial charge in [0.1, 0.15) is 6.54 Å². The zero-order chi connectivity index (χ0) is 26.9. The molecule has 0 aliphatic heterocycles. The van der Waals surface area contributed by atoms with Gasteiger partial charge in [0.15, 0.2) is 11.5 Å². The average molecular weight is 589 g/mol. The van der Waals surface area contributed by atoms with Crippen molar-refractivity contribution in [2.24, 2.45) is 0 Å². The van der Waals surface area contributed by atoms with Crippen LogP contribution in [-0.4, -0.2) is 55.1 Å². The van der Waals surface area contributed by atoms with Gasteiger partial charge in [-0.15, -0.1) is 11.3 Å². The van der Waals surface area contributed by atoms with Gasteiger partial charge in [-0.3, -0.25) is 4.79 Å². The Labute approximate surface area is 231 Å². The van der Waals surface area contributed by atoms with Gasteiger partial charge in [0.25, 0.3) is 0 Å². The lowest BCUT2D eigenvalue weighted by molar-refractivity contribution is -0.132. The van der Waals surface area contributed by atoms with Crippen molar-refractivity contribution >= 4 is 44.9 Å². The quantitative estimate of drug-likeness (QED) is 0.284. The molecule has 0 saturated carbocycles. The molecule has 0 aliphatic rings. The van der Waals surface area contributed by atoms with Crippen molar-refractivity contribution in [1.82, 2.24) is 9.80 Å². The molecule has 3 amide bonds. The van der Waals surface area contributed by atoms with E-state index >= 15 is 0 Å². The highest BCUT2D eigenvalue weighted by Crippen LogP contribution is 2.28. The van der Waals surface area contributed by atoms with Crippen molar-refractivity contribution in [2.75, 3.05) is 32.6 Å². The van der Waals surface area contributed by atoms with Crippen molar-refractivity contribution in [1.29, 1.82) is 0 Å². The number of carbonyl (C=O) groups excluding carboxylic acids is 2. The highest BCUT2D eigenvalue weighted by atomic mass is 79.9. The minimum atomic E-state index is -0.308. The largest absolute Gasteiger partial charge is 0.493 e. The van der Waals surface area contributed by atoms with Crippen LogP contribution in [0.25, 0.3) is 0 Å². The summed E-state index contributed by atoms with van der Waals surface area (Å²) < 4.78 is 11.7. The zero-order valence-corrected chi connectivity index (χ0v) is 24.3. The van der Waals surface area contributed by atoms with Crippen molar-refractivity contribution < 1.29 is 19.1 Å². The van der Waals surface area contributed by atoms with Crippen molar-refractivity contribution in [3.05, 3.63) is 74.4 Å².